The van der Waals surface area contributed by atoms with E-state index in [1.165, 1.54) is 20.8 Å². The molecule has 0 bridgehead atoms. The number of rotatable bonds is 5. The van der Waals surface area contributed by atoms with Crippen LogP contribution in [0.15, 0.2) is 0 Å². The molecule has 0 aliphatic rings. The Morgan fingerprint density at radius 2 is 1.48 bits per heavy atom. The summed E-state index contributed by atoms with van der Waals surface area (Å²) < 4.78 is 68.3. The maximum atomic E-state index is 13.0. The molecule has 8 heteroatoms. The van der Waals surface area contributed by atoms with Gasteiger partial charge in [-0.15, -0.1) is 0 Å². The first-order valence-electron chi connectivity index (χ1n) is 6.63. The van der Waals surface area contributed by atoms with E-state index in [9.17, 15) is 21.6 Å². The molecule has 0 aliphatic carbocycles. The van der Waals surface area contributed by atoms with Gasteiger partial charge in [-0.05, 0) is 26.2 Å². The van der Waals surface area contributed by atoms with Crippen LogP contribution in [0.1, 0.15) is 41.5 Å². The van der Waals surface area contributed by atoms with Crippen molar-refractivity contribution in [2.45, 2.75) is 59.4 Å². The van der Waals surface area contributed by atoms with E-state index in [2.05, 4.69) is 0 Å². The topological polar surface area (TPSA) is 46.6 Å². The molecule has 0 aromatic heterocycles. The first-order chi connectivity index (χ1) is 8.97. The molecule has 0 aromatic carbocycles. The molecule has 0 rings (SSSR count). The zero-order chi connectivity index (χ0) is 17.3. The maximum absolute atomic E-state index is 13.0. The number of nitrogens with zero attached hydrogens (tertiary/aromatic N) is 1. The number of alkyl halides is 3. The van der Waals surface area contributed by atoms with E-state index >= 15 is 0 Å². The van der Waals surface area contributed by atoms with Gasteiger partial charge < -0.3 is 4.74 Å². The minimum Gasteiger partial charge on any atom is -0.367 e. The largest absolute Gasteiger partial charge is 0.415 e. The highest BCUT2D eigenvalue weighted by molar-refractivity contribution is 7.88. The molecule has 0 saturated heterocycles. The van der Waals surface area contributed by atoms with Crippen LogP contribution in [-0.2, 0) is 14.8 Å². The Morgan fingerprint density at radius 1 is 1.05 bits per heavy atom. The lowest BCUT2D eigenvalue weighted by molar-refractivity contribution is -0.248. The van der Waals surface area contributed by atoms with Crippen molar-refractivity contribution in [3.63, 3.8) is 0 Å². The van der Waals surface area contributed by atoms with Gasteiger partial charge >= 0.3 is 6.18 Å². The molecule has 4 nitrogen and oxygen atoms in total. The summed E-state index contributed by atoms with van der Waals surface area (Å²) in [5.74, 6) is 0. The van der Waals surface area contributed by atoms with Crippen LogP contribution >= 0.6 is 0 Å². The summed E-state index contributed by atoms with van der Waals surface area (Å²) in [6.45, 7) is 8.91. The van der Waals surface area contributed by atoms with Crippen LogP contribution in [0.3, 0.4) is 0 Å². The molecule has 0 aromatic rings. The second-order valence-corrected chi connectivity index (χ2v) is 9.07. The molecule has 21 heavy (non-hydrogen) atoms. The molecule has 0 saturated carbocycles. The molecule has 0 unspecified atom stereocenters. The summed E-state index contributed by atoms with van der Waals surface area (Å²) >= 11 is 0. The summed E-state index contributed by atoms with van der Waals surface area (Å²) in [5.41, 5.74) is -1.83. The van der Waals surface area contributed by atoms with E-state index in [0.29, 0.717) is 0 Å². The van der Waals surface area contributed by atoms with Crippen LogP contribution in [0, 0.1) is 5.41 Å². The molecule has 0 fully saturated rings. The molecule has 0 amide bonds. The van der Waals surface area contributed by atoms with Crippen molar-refractivity contribution in [1.29, 1.82) is 0 Å². The summed E-state index contributed by atoms with van der Waals surface area (Å²) in [4.78, 5) is 0. The smallest absolute Gasteiger partial charge is 0.367 e. The third-order valence-electron chi connectivity index (χ3n) is 2.81. The van der Waals surface area contributed by atoms with Crippen molar-refractivity contribution in [2.75, 3.05) is 19.4 Å². The quantitative estimate of drug-likeness (QED) is 0.777. The van der Waals surface area contributed by atoms with E-state index < -0.39 is 33.3 Å². The Hall–Kier alpha value is -0.340. The molecule has 128 valence electrons. The van der Waals surface area contributed by atoms with E-state index in [1.54, 1.807) is 20.8 Å². The van der Waals surface area contributed by atoms with Gasteiger partial charge in [-0.25, -0.2) is 8.42 Å². The van der Waals surface area contributed by atoms with Crippen molar-refractivity contribution in [3.8, 4) is 0 Å². The Kier molecular flexibility index (Phi) is 6.31. The van der Waals surface area contributed by atoms with Gasteiger partial charge in [0, 0.05) is 12.1 Å². The first kappa shape index (κ1) is 20.7. The fourth-order valence-corrected chi connectivity index (χ4v) is 3.49. The minimum atomic E-state index is -4.49. The minimum absolute atomic E-state index is 0.120. The highest BCUT2D eigenvalue weighted by Crippen LogP contribution is 2.35. The number of hydrogen-bond donors (Lipinski definition) is 0. The van der Waals surface area contributed by atoms with Gasteiger partial charge in [-0.1, -0.05) is 20.8 Å². The van der Waals surface area contributed by atoms with Crippen LogP contribution in [0.25, 0.3) is 0 Å². The molecule has 0 aliphatic heterocycles. The molecular weight excluding hydrogens is 307 g/mol. The van der Waals surface area contributed by atoms with Gasteiger partial charge in [0.15, 0.2) is 6.10 Å². The van der Waals surface area contributed by atoms with Crippen molar-refractivity contribution in [2.24, 2.45) is 5.41 Å². The molecule has 0 N–H and O–H groups in total. The summed E-state index contributed by atoms with van der Waals surface area (Å²) in [5, 5.41) is 0. The normalized spacial score (nSPS) is 16.3. The van der Waals surface area contributed by atoms with Gasteiger partial charge in [-0.3, -0.25) is 0 Å². The van der Waals surface area contributed by atoms with E-state index in [4.69, 9.17) is 4.74 Å². The lowest BCUT2D eigenvalue weighted by Gasteiger charge is -2.35. The van der Waals surface area contributed by atoms with Gasteiger partial charge in [0.05, 0.1) is 12.9 Å². The molecule has 0 heterocycles. The number of hydrogen-bond acceptors (Lipinski definition) is 3. The van der Waals surface area contributed by atoms with Crippen LogP contribution in [0.5, 0.6) is 0 Å². The van der Waals surface area contributed by atoms with E-state index in [0.717, 1.165) is 10.6 Å². The van der Waals surface area contributed by atoms with Crippen molar-refractivity contribution < 1.29 is 26.3 Å². The lowest BCUT2D eigenvalue weighted by atomic mass is 9.88. The lowest BCUT2D eigenvalue weighted by Crippen LogP contribution is -2.48. The van der Waals surface area contributed by atoms with Gasteiger partial charge in [0.1, 0.15) is 0 Å². The Labute approximate surface area is 125 Å². The molecular formula is C13H26F3NO3S. The first-order valence-corrected chi connectivity index (χ1v) is 8.48. The fraction of sp³-hybridized carbons (Fsp3) is 1.00. The van der Waals surface area contributed by atoms with Crippen molar-refractivity contribution in [3.05, 3.63) is 0 Å². The van der Waals surface area contributed by atoms with Crippen molar-refractivity contribution >= 4 is 10.0 Å². The second-order valence-electron chi connectivity index (χ2n) is 7.16. The predicted octanol–water partition coefficient (Wildman–Crippen LogP) is 3.04. The third-order valence-corrected chi connectivity index (χ3v) is 4.34. The average molecular weight is 333 g/mol. The zero-order valence-electron chi connectivity index (χ0n) is 13.7. The fourth-order valence-electron chi connectivity index (χ4n) is 2.09. The standard InChI is InChI=1S/C13H26F3NO3S/c1-11(2,3)10(13(14,15)16)20-9-8-17(12(4,5)6)21(7,18)19/h10H,8-9H2,1-7H3/t10-/m0/s1. The Balaban J connectivity index is 4.93. The summed E-state index contributed by atoms with van der Waals surface area (Å²) in [6, 6.07) is 0. The summed E-state index contributed by atoms with van der Waals surface area (Å²) in [6.07, 6.45) is -5.40. The Morgan fingerprint density at radius 3 is 1.71 bits per heavy atom. The third kappa shape index (κ3) is 6.97. The van der Waals surface area contributed by atoms with Gasteiger partial charge in [0.2, 0.25) is 10.0 Å². The van der Waals surface area contributed by atoms with E-state index in [-0.39, 0.29) is 13.2 Å². The van der Waals surface area contributed by atoms with E-state index in [1.807, 2.05) is 0 Å². The molecule has 0 spiro atoms. The zero-order valence-corrected chi connectivity index (χ0v) is 14.5. The van der Waals surface area contributed by atoms with Gasteiger partial charge in [0.25, 0.3) is 0 Å². The Bertz CT molecular complexity index is 419. The summed E-state index contributed by atoms with van der Waals surface area (Å²) in [7, 11) is -3.52. The SMILES string of the molecule is CC(C)(C)[C@H](OCCN(C(C)(C)C)S(C)(=O)=O)C(F)(F)F. The number of ether oxygens (including phenoxy) is 1. The molecule has 0 radical (unpaired) electrons. The van der Waals surface area contributed by atoms with Crippen LogP contribution < -0.4 is 0 Å². The monoisotopic (exact) mass is 333 g/mol. The van der Waals surface area contributed by atoms with Crippen LogP contribution in [0.4, 0.5) is 13.2 Å². The second kappa shape index (κ2) is 6.42. The van der Waals surface area contributed by atoms with Crippen molar-refractivity contribution in [1.82, 2.24) is 4.31 Å². The van der Waals surface area contributed by atoms with Crippen LogP contribution in [0.2, 0.25) is 0 Å². The predicted molar refractivity (Wildman–Crippen MR) is 76.6 cm³/mol. The number of sulfonamides is 1. The average Bonchev–Trinajstić information content (AvgIpc) is 2.07. The maximum Gasteiger partial charge on any atom is 0.415 e. The van der Waals surface area contributed by atoms with Gasteiger partial charge in [-0.2, -0.15) is 17.5 Å². The molecule has 1 atom stereocenters. The highest BCUT2D eigenvalue weighted by atomic mass is 32.2. The number of halogens is 3. The van der Waals surface area contributed by atoms with Crippen LogP contribution in [-0.4, -0.2) is 49.9 Å². The highest BCUT2D eigenvalue weighted by Gasteiger charge is 2.48.